The summed E-state index contributed by atoms with van der Waals surface area (Å²) in [4.78, 5) is 11.7. The van der Waals surface area contributed by atoms with E-state index in [4.69, 9.17) is 0 Å². The van der Waals surface area contributed by atoms with Crippen molar-refractivity contribution in [1.29, 1.82) is 0 Å². The van der Waals surface area contributed by atoms with Gasteiger partial charge in [-0.1, -0.05) is 6.92 Å². The first-order chi connectivity index (χ1) is 8.27. The fraction of sp³-hybridized carbons (Fsp3) is 0.455. The lowest BCUT2D eigenvalue weighted by Gasteiger charge is -2.18. The molecule has 0 aliphatic carbocycles. The number of anilines is 1. The topological polar surface area (TPSA) is 80.5 Å². The fourth-order valence-corrected chi connectivity index (χ4v) is 2.51. The Morgan fingerprint density at radius 1 is 1.39 bits per heavy atom. The lowest BCUT2D eigenvalue weighted by molar-refractivity contribution is -0.387. The summed E-state index contributed by atoms with van der Waals surface area (Å²) in [5.41, 5.74) is 0.272. The summed E-state index contributed by atoms with van der Waals surface area (Å²) in [6.07, 6.45) is 1.88. The van der Waals surface area contributed by atoms with Crippen molar-refractivity contribution in [1.82, 2.24) is 0 Å². The van der Waals surface area contributed by atoms with Crippen LogP contribution in [0.2, 0.25) is 0 Å². The normalized spacial score (nSPS) is 11.3. The van der Waals surface area contributed by atoms with E-state index in [0.29, 0.717) is 5.69 Å². The summed E-state index contributed by atoms with van der Waals surface area (Å²) in [6, 6.07) is 4.14. The molecule has 0 radical (unpaired) electrons. The Kier molecular flexibility index (Phi) is 4.28. The van der Waals surface area contributed by atoms with Gasteiger partial charge in [0.05, 0.1) is 4.92 Å². The number of sulfone groups is 1. The Balaban J connectivity index is 3.35. The first-order valence-corrected chi connectivity index (χ1v) is 7.36. The van der Waals surface area contributed by atoms with Gasteiger partial charge in [-0.25, -0.2) is 8.42 Å². The maximum absolute atomic E-state index is 11.6. The van der Waals surface area contributed by atoms with E-state index in [2.05, 4.69) is 0 Å². The molecule has 0 spiro atoms. The lowest BCUT2D eigenvalue weighted by Crippen LogP contribution is -2.18. The van der Waals surface area contributed by atoms with Crippen molar-refractivity contribution in [3.05, 3.63) is 28.3 Å². The van der Waals surface area contributed by atoms with Gasteiger partial charge in [0.2, 0.25) is 0 Å². The molecule has 0 aliphatic heterocycles. The zero-order valence-corrected chi connectivity index (χ0v) is 11.4. The second-order valence-corrected chi connectivity index (χ2v) is 6.09. The van der Waals surface area contributed by atoms with Crippen LogP contribution in [-0.2, 0) is 9.84 Å². The zero-order valence-electron chi connectivity index (χ0n) is 10.6. The van der Waals surface area contributed by atoms with Gasteiger partial charge >= 0.3 is 0 Å². The van der Waals surface area contributed by atoms with E-state index >= 15 is 0 Å². The standard InChI is InChI=1S/C11H16N2O4S/c1-4-7-12(2)9-5-6-10(13(14)15)11(8-9)18(3,16)17/h5-6,8H,4,7H2,1-3H3. The molecule has 0 aliphatic rings. The summed E-state index contributed by atoms with van der Waals surface area (Å²) in [5.74, 6) is 0. The highest BCUT2D eigenvalue weighted by Crippen LogP contribution is 2.28. The van der Waals surface area contributed by atoms with Gasteiger partial charge in [0.1, 0.15) is 4.90 Å². The number of rotatable bonds is 5. The summed E-state index contributed by atoms with van der Waals surface area (Å²) in [6.45, 7) is 2.75. The van der Waals surface area contributed by atoms with Crippen LogP contribution in [0.3, 0.4) is 0 Å². The van der Waals surface area contributed by atoms with E-state index < -0.39 is 14.8 Å². The van der Waals surface area contributed by atoms with E-state index in [1.54, 1.807) is 6.07 Å². The van der Waals surface area contributed by atoms with Crippen LogP contribution in [0.25, 0.3) is 0 Å². The van der Waals surface area contributed by atoms with Gasteiger partial charge in [-0.05, 0) is 18.6 Å². The summed E-state index contributed by atoms with van der Waals surface area (Å²) < 4.78 is 23.1. The predicted molar refractivity (Wildman–Crippen MR) is 69.8 cm³/mol. The van der Waals surface area contributed by atoms with Crippen molar-refractivity contribution in [2.45, 2.75) is 18.2 Å². The molecule has 0 heterocycles. The SMILES string of the molecule is CCCN(C)c1ccc([N+](=O)[O-])c(S(C)(=O)=O)c1. The molecular weight excluding hydrogens is 256 g/mol. The number of nitrogens with zero attached hydrogens (tertiary/aromatic N) is 2. The first-order valence-electron chi connectivity index (χ1n) is 5.47. The maximum atomic E-state index is 11.6. The number of nitro benzene ring substituents is 1. The summed E-state index contributed by atoms with van der Waals surface area (Å²) in [7, 11) is -1.80. The molecule has 18 heavy (non-hydrogen) atoms. The van der Waals surface area contributed by atoms with Crippen molar-refractivity contribution >= 4 is 21.2 Å². The van der Waals surface area contributed by atoms with Gasteiger partial charge < -0.3 is 4.90 Å². The highest BCUT2D eigenvalue weighted by Gasteiger charge is 2.22. The van der Waals surface area contributed by atoms with Crippen molar-refractivity contribution in [3.8, 4) is 0 Å². The molecule has 1 aromatic rings. The van der Waals surface area contributed by atoms with Crippen LogP contribution < -0.4 is 4.90 Å². The highest BCUT2D eigenvalue weighted by atomic mass is 32.2. The molecule has 0 fully saturated rings. The third-order valence-corrected chi connectivity index (χ3v) is 3.67. The number of benzene rings is 1. The van der Waals surface area contributed by atoms with Gasteiger partial charge in [0.25, 0.3) is 5.69 Å². The van der Waals surface area contributed by atoms with E-state index in [0.717, 1.165) is 19.2 Å². The molecule has 0 bridgehead atoms. The predicted octanol–water partition coefficient (Wildman–Crippen LogP) is 1.84. The van der Waals surface area contributed by atoms with Crippen LogP contribution in [-0.4, -0.2) is 33.2 Å². The van der Waals surface area contributed by atoms with Crippen LogP contribution in [0.5, 0.6) is 0 Å². The zero-order chi connectivity index (χ0) is 13.9. The van der Waals surface area contributed by atoms with Crippen LogP contribution in [0.15, 0.2) is 23.1 Å². The monoisotopic (exact) mass is 272 g/mol. The van der Waals surface area contributed by atoms with E-state index in [-0.39, 0.29) is 10.6 Å². The lowest BCUT2D eigenvalue weighted by atomic mass is 10.2. The molecule has 0 N–H and O–H groups in total. The number of nitro groups is 1. The minimum Gasteiger partial charge on any atom is -0.375 e. The highest BCUT2D eigenvalue weighted by molar-refractivity contribution is 7.90. The quantitative estimate of drug-likeness (QED) is 0.603. The first kappa shape index (κ1) is 14.4. The van der Waals surface area contributed by atoms with Crippen LogP contribution in [0.4, 0.5) is 11.4 Å². The van der Waals surface area contributed by atoms with Crippen molar-refractivity contribution in [2.24, 2.45) is 0 Å². The van der Waals surface area contributed by atoms with Crippen molar-refractivity contribution in [2.75, 3.05) is 24.7 Å². The second-order valence-electron chi connectivity index (χ2n) is 4.10. The minimum atomic E-state index is -3.62. The third-order valence-electron chi connectivity index (χ3n) is 2.54. The maximum Gasteiger partial charge on any atom is 0.288 e. The molecule has 0 atom stereocenters. The third kappa shape index (κ3) is 3.19. The average molecular weight is 272 g/mol. The van der Waals surface area contributed by atoms with Gasteiger partial charge in [-0.15, -0.1) is 0 Å². The average Bonchev–Trinajstić information content (AvgIpc) is 2.27. The molecule has 6 nitrogen and oxygen atoms in total. The Bertz CT molecular complexity index is 554. The van der Waals surface area contributed by atoms with Crippen LogP contribution >= 0.6 is 0 Å². The van der Waals surface area contributed by atoms with Gasteiger partial charge in [0.15, 0.2) is 9.84 Å². The molecule has 0 unspecified atom stereocenters. The van der Waals surface area contributed by atoms with Gasteiger partial charge in [0, 0.05) is 31.6 Å². The molecule has 0 saturated carbocycles. The van der Waals surface area contributed by atoms with E-state index in [1.165, 1.54) is 12.1 Å². The van der Waals surface area contributed by atoms with Gasteiger partial charge in [-0.2, -0.15) is 0 Å². The van der Waals surface area contributed by atoms with Crippen LogP contribution in [0.1, 0.15) is 13.3 Å². The summed E-state index contributed by atoms with van der Waals surface area (Å²) in [5, 5.41) is 10.8. The molecule has 1 aromatic carbocycles. The molecule has 0 saturated heterocycles. The molecule has 1 rings (SSSR count). The molecule has 100 valence electrons. The van der Waals surface area contributed by atoms with Crippen molar-refractivity contribution < 1.29 is 13.3 Å². The molecular formula is C11H16N2O4S. The van der Waals surface area contributed by atoms with Crippen LogP contribution in [0, 0.1) is 10.1 Å². The van der Waals surface area contributed by atoms with E-state index in [1.807, 2.05) is 18.9 Å². The van der Waals surface area contributed by atoms with Gasteiger partial charge in [-0.3, -0.25) is 10.1 Å². The van der Waals surface area contributed by atoms with E-state index in [9.17, 15) is 18.5 Å². The second kappa shape index (κ2) is 5.34. The Morgan fingerprint density at radius 3 is 2.44 bits per heavy atom. The number of hydrogen-bond acceptors (Lipinski definition) is 5. The number of hydrogen-bond donors (Lipinski definition) is 0. The molecule has 0 aromatic heterocycles. The molecule has 0 amide bonds. The Hall–Kier alpha value is -1.63. The Labute approximate surface area is 106 Å². The summed E-state index contributed by atoms with van der Waals surface area (Å²) >= 11 is 0. The minimum absolute atomic E-state index is 0.243. The Morgan fingerprint density at radius 2 is 2.00 bits per heavy atom. The smallest absolute Gasteiger partial charge is 0.288 e. The largest absolute Gasteiger partial charge is 0.375 e. The molecule has 7 heteroatoms. The van der Waals surface area contributed by atoms with Crippen molar-refractivity contribution in [3.63, 3.8) is 0 Å². The fourth-order valence-electron chi connectivity index (χ4n) is 1.65.